The Balaban J connectivity index is 2.94. The molecule has 0 amide bonds. The Labute approximate surface area is 122 Å². The summed E-state index contributed by atoms with van der Waals surface area (Å²) >= 11 is 3.52. The van der Waals surface area contributed by atoms with Gasteiger partial charge in [0.2, 0.25) is 0 Å². The smallest absolute Gasteiger partial charge is 0.323 e. The van der Waals surface area contributed by atoms with Crippen molar-refractivity contribution in [3.8, 4) is 0 Å². The Morgan fingerprint density at radius 2 is 2.00 bits per heavy atom. The first-order chi connectivity index (χ1) is 8.91. The summed E-state index contributed by atoms with van der Waals surface area (Å²) in [6, 6.07) is 0. The van der Waals surface area contributed by atoms with Gasteiger partial charge >= 0.3 is 5.97 Å². The highest BCUT2D eigenvalue weighted by Gasteiger charge is 2.34. The number of hydrogen-bond acceptors (Lipinski definition) is 3. The van der Waals surface area contributed by atoms with Gasteiger partial charge in [-0.1, -0.05) is 13.8 Å². The van der Waals surface area contributed by atoms with Crippen molar-refractivity contribution < 1.29 is 9.90 Å². The molecule has 108 valence electrons. The van der Waals surface area contributed by atoms with Gasteiger partial charge in [0.05, 0.1) is 15.9 Å². The fourth-order valence-corrected chi connectivity index (χ4v) is 2.59. The summed E-state index contributed by atoms with van der Waals surface area (Å²) in [6.07, 6.45) is 1.10. The van der Waals surface area contributed by atoms with Crippen molar-refractivity contribution in [2.24, 2.45) is 0 Å². The van der Waals surface area contributed by atoms with E-state index >= 15 is 0 Å². The normalized spacial score (nSPS) is 11.8. The van der Waals surface area contributed by atoms with Crippen LogP contribution in [0, 0.1) is 6.92 Å². The lowest BCUT2D eigenvalue weighted by atomic mass is 9.93. The minimum absolute atomic E-state index is 0.489. The van der Waals surface area contributed by atoms with Crippen LogP contribution in [0.5, 0.6) is 0 Å². The zero-order valence-electron chi connectivity index (χ0n) is 12.0. The monoisotopic (exact) mass is 331 g/mol. The molecular weight excluding hydrogens is 310 g/mol. The maximum atomic E-state index is 11.5. The fourth-order valence-electron chi connectivity index (χ4n) is 2.17. The quantitative estimate of drug-likeness (QED) is 0.806. The van der Waals surface area contributed by atoms with Crippen molar-refractivity contribution in [3.05, 3.63) is 15.9 Å². The molecule has 0 radical (unpaired) electrons. The fraction of sp³-hybridized carbons (Fsp3) is 0.692. The molecule has 0 unspecified atom stereocenters. The number of aromatic nitrogens is 2. The highest BCUT2D eigenvalue weighted by atomic mass is 79.9. The lowest BCUT2D eigenvalue weighted by molar-refractivity contribution is -0.145. The summed E-state index contributed by atoms with van der Waals surface area (Å²) in [4.78, 5) is 11.5. The average Bonchev–Trinajstić information content (AvgIpc) is 2.67. The van der Waals surface area contributed by atoms with Gasteiger partial charge in [-0.3, -0.25) is 14.8 Å². The molecule has 1 aromatic rings. The third-order valence-corrected chi connectivity index (χ3v) is 4.70. The van der Waals surface area contributed by atoms with E-state index in [-0.39, 0.29) is 0 Å². The molecule has 0 atom stereocenters. The number of rotatable bonds is 7. The van der Waals surface area contributed by atoms with E-state index in [0.29, 0.717) is 19.4 Å². The molecule has 0 aromatic carbocycles. The second kappa shape index (κ2) is 6.52. The molecule has 1 heterocycles. The van der Waals surface area contributed by atoms with Gasteiger partial charge in [0.1, 0.15) is 5.54 Å². The molecule has 6 heteroatoms. The second-order valence-electron chi connectivity index (χ2n) is 4.61. The number of carboxylic acid groups (broad SMARTS) is 1. The Hall–Kier alpha value is -0.880. The Morgan fingerprint density at radius 1 is 1.42 bits per heavy atom. The van der Waals surface area contributed by atoms with E-state index in [1.807, 2.05) is 32.4 Å². The van der Waals surface area contributed by atoms with Gasteiger partial charge in [0.15, 0.2) is 0 Å². The summed E-state index contributed by atoms with van der Waals surface area (Å²) < 4.78 is 2.85. The summed E-state index contributed by atoms with van der Waals surface area (Å²) in [6.45, 7) is 8.99. The predicted molar refractivity (Wildman–Crippen MR) is 78.1 cm³/mol. The SMILES string of the molecule is CCn1nc(C)c(Br)c1CNC(CC)(CC)C(=O)O. The van der Waals surface area contributed by atoms with Crippen molar-refractivity contribution in [1.29, 1.82) is 0 Å². The maximum absolute atomic E-state index is 11.5. The van der Waals surface area contributed by atoms with Crippen LogP contribution in [-0.4, -0.2) is 26.4 Å². The number of aryl methyl sites for hydroxylation is 2. The minimum Gasteiger partial charge on any atom is -0.480 e. The molecule has 0 saturated heterocycles. The van der Waals surface area contributed by atoms with Gasteiger partial charge in [-0.2, -0.15) is 5.10 Å². The van der Waals surface area contributed by atoms with E-state index in [2.05, 4.69) is 26.3 Å². The van der Waals surface area contributed by atoms with Gasteiger partial charge in [-0.15, -0.1) is 0 Å². The standard InChI is InChI=1S/C13H22BrN3O2/c1-5-13(6-2,12(18)19)15-8-10-11(14)9(4)16-17(10)7-3/h15H,5-8H2,1-4H3,(H,18,19). The van der Waals surface area contributed by atoms with Crippen LogP contribution in [0.2, 0.25) is 0 Å². The number of carbonyl (C=O) groups is 1. The number of carboxylic acids is 1. The van der Waals surface area contributed by atoms with Crippen molar-refractivity contribution in [2.45, 2.75) is 59.2 Å². The van der Waals surface area contributed by atoms with E-state index in [1.54, 1.807) is 0 Å². The van der Waals surface area contributed by atoms with Gasteiger partial charge in [-0.25, -0.2) is 0 Å². The van der Waals surface area contributed by atoms with Crippen molar-refractivity contribution in [3.63, 3.8) is 0 Å². The molecule has 1 aromatic heterocycles. The Bertz CT molecular complexity index is 453. The van der Waals surface area contributed by atoms with Crippen LogP contribution >= 0.6 is 15.9 Å². The lowest BCUT2D eigenvalue weighted by Gasteiger charge is -2.28. The van der Waals surface area contributed by atoms with Crippen LogP contribution in [0.25, 0.3) is 0 Å². The zero-order chi connectivity index (χ0) is 14.6. The molecular formula is C13H22BrN3O2. The van der Waals surface area contributed by atoms with Gasteiger partial charge in [-0.05, 0) is 42.6 Å². The number of aliphatic carboxylic acids is 1. The third kappa shape index (κ3) is 3.17. The summed E-state index contributed by atoms with van der Waals surface area (Å²) in [5.41, 5.74) is 1.05. The molecule has 0 saturated carbocycles. The summed E-state index contributed by atoms with van der Waals surface area (Å²) in [5, 5.41) is 17.0. The van der Waals surface area contributed by atoms with Crippen LogP contribution < -0.4 is 5.32 Å². The van der Waals surface area contributed by atoms with Crippen LogP contribution in [-0.2, 0) is 17.9 Å². The molecule has 0 aliphatic rings. The third-order valence-electron chi connectivity index (χ3n) is 3.66. The maximum Gasteiger partial charge on any atom is 0.323 e. The lowest BCUT2D eigenvalue weighted by Crippen LogP contribution is -2.51. The molecule has 1 rings (SSSR count). The highest BCUT2D eigenvalue weighted by molar-refractivity contribution is 9.10. The van der Waals surface area contributed by atoms with E-state index in [4.69, 9.17) is 0 Å². The van der Waals surface area contributed by atoms with Gasteiger partial charge in [0, 0.05) is 13.1 Å². The molecule has 0 bridgehead atoms. The first-order valence-electron chi connectivity index (χ1n) is 6.62. The number of nitrogens with one attached hydrogen (secondary N) is 1. The first-order valence-corrected chi connectivity index (χ1v) is 7.41. The van der Waals surface area contributed by atoms with E-state index in [9.17, 15) is 9.90 Å². The highest BCUT2D eigenvalue weighted by Crippen LogP contribution is 2.23. The summed E-state index contributed by atoms with van der Waals surface area (Å²) in [5.74, 6) is -0.798. The second-order valence-corrected chi connectivity index (χ2v) is 5.40. The van der Waals surface area contributed by atoms with Gasteiger partial charge in [0.25, 0.3) is 0 Å². The van der Waals surface area contributed by atoms with Gasteiger partial charge < -0.3 is 5.11 Å². The molecule has 0 fully saturated rings. The molecule has 5 nitrogen and oxygen atoms in total. The van der Waals surface area contributed by atoms with Crippen molar-refractivity contribution in [1.82, 2.24) is 15.1 Å². The topological polar surface area (TPSA) is 67.2 Å². The zero-order valence-corrected chi connectivity index (χ0v) is 13.5. The summed E-state index contributed by atoms with van der Waals surface area (Å²) in [7, 11) is 0. The largest absolute Gasteiger partial charge is 0.480 e. The van der Waals surface area contributed by atoms with Crippen molar-refractivity contribution in [2.75, 3.05) is 0 Å². The van der Waals surface area contributed by atoms with Crippen LogP contribution in [0.15, 0.2) is 4.47 Å². The van der Waals surface area contributed by atoms with Crippen molar-refractivity contribution >= 4 is 21.9 Å². The molecule has 2 N–H and O–H groups in total. The van der Waals surface area contributed by atoms with E-state index in [1.165, 1.54) is 0 Å². The first kappa shape index (κ1) is 16.2. The molecule has 0 aliphatic heterocycles. The number of nitrogens with zero attached hydrogens (tertiary/aromatic N) is 2. The Kier molecular flexibility index (Phi) is 5.55. The van der Waals surface area contributed by atoms with E-state index < -0.39 is 11.5 Å². The van der Waals surface area contributed by atoms with E-state index in [0.717, 1.165) is 22.4 Å². The number of hydrogen-bond donors (Lipinski definition) is 2. The average molecular weight is 332 g/mol. The number of halogens is 1. The van der Waals surface area contributed by atoms with Crippen LogP contribution in [0.4, 0.5) is 0 Å². The molecule has 19 heavy (non-hydrogen) atoms. The van der Waals surface area contributed by atoms with Crippen LogP contribution in [0.3, 0.4) is 0 Å². The molecule has 0 aliphatic carbocycles. The van der Waals surface area contributed by atoms with Crippen LogP contribution in [0.1, 0.15) is 45.0 Å². The Morgan fingerprint density at radius 3 is 2.42 bits per heavy atom. The predicted octanol–water partition coefficient (Wildman–Crippen LogP) is 2.71. The molecule has 0 spiro atoms. The minimum atomic E-state index is -0.865.